The molecule has 1 saturated heterocycles. The maximum Gasteiger partial charge on any atom is 0.339 e. The molecule has 1 aliphatic rings. The van der Waals surface area contributed by atoms with E-state index < -0.39 is 5.97 Å². The second-order valence-electron chi connectivity index (χ2n) is 4.19. The van der Waals surface area contributed by atoms with Gasteiger partial charge in [-0.2, -0.15) is 0 Å². The molecule has 1 aliphatic heterocycles. The Kier molecular flexibility index (Phi) is 4.70. The lowest BCUT2D eigenvalue weighted by molar-refractivity contribution is -0.0463. The minimum absolute atomic E-state index is 0.175. The van der Waals surface area contributed by atoms with Crippen molar-refractivity contribution in [1.82, 2.24) is 4.98 Å². The highest BCUT2D eigenvalue weighted by Gasteiger charge is 2.17. The monoisotopic (exact) mass is 266 g/mol. The number of nitrogens with zero attached hydrogens (tertiary/aromatic N) is 1. The van der Waals surface area contributed by atoms with Gasteiger partial charge in [-0.25, -0.2) is 4.79 Å². The summed E-state index contributed by atoms with van der Waals surface area (Å²) in [5.74, 6) is -0.407. The number of aryl methyl sites for hydroxylation is 1. The third-order valence-corrected chi connectivity index (χ3v) is 2.82. The number of esters is 1. The summed E-state index contributed by atoms with van der Waals surface area (Å²) in [6, 6.07) is 1.59. The lowest BCUT2D eigenvalue weighted by atomic mass is 10.1. The van der Waals surface area contributed by atoms with Crippen LogP contribution in [0.1, 0.15) is 29.4 Å². The molecule has 2 heterocycles. The van der Waals surface area contributed by atoms with Crippen molar-refractivity contribution in [3.05, 3.63) is 23.5 Å². The zero-order valence-electron chi connectivity index (χ0n) is 10.9. The fraction of sp³-hybridized carbons (Fsp3) is 0.538. The second-order valence-corrected chi connectivity index (χ2v) is 4.19. The molecule has 19 heavy (non-hydrogen) atoms. The van der Waals surface area contributed by atoms with E-state index >= 15 is 0 Å². The Labute approximate surface area is 111 Å². The Hall–Kier alpha value is -1.66. The Morgan fingerprint density at radius 1 is 1.53 bits per heavy atom. The number of carbonyl (C=O) groups is 1. The van der Waals surface area contributed by atoms with E-state index in [4.69, 9.17) is 19.9 Å². The number of anilines is 1. The van der Waals surface area contributed by atoms with Crippen molar-refractivity contribution in [2.24, 2.45) is 0 Å². The number of rotatable bonds is 5. The number of hydrogen-bond donors (Lipinski definition) is 1. The molecule has 0 spiro atoms. The van der Waals surface area contributed by atoms with Gasteiger partial charge in [0, 0.05) is 12.6 Å². The number of ether oxygens (including phenoxy) is 3. The number of nitrogen functional groups attached to an aromatic ring is 1. The molecule has 2 N–H and O–H groups in total. The minimum Gasteiger partial charge on any atom is -0.462 e. The summed E-state index contributed by atoms with van der Waals surface area (Å²) in [5.41, 5.74) is 7.49. The van der Waals surface area contributed by atoms with Crippen LogP contribution in [0, 0.1) is 0 Å². The van der Waals surface area contributed by atoms with Crippen molar-refractivity contribution in [1.29, 1.82) is 0 Å². The Balaban J connectivity index is 1.96. The van der Waals surface area contributed by atoms with Crippen LogP contribution in [0.4, 0.5) is 5.69 Å². The lowest BCUT2D eigenvalue weighted by Crippen LogP contribution is -2.11. The number of nitrogens with two attached hydrogens (primary N) is 1. The zero-order chi connectivity index (χ0) is 13.7. The predicted molar refractivity (Wildman–Crippen MR) is 68.6 cm³/mol. The number of carbonyl (C=O) groups excluding carboxylic acids is 1. The molecule has 2 rings (SSSR count). The van der Waals surface area contributed by atoms with Crippen LogP contribution in [0.25, 0.3) is 0 Å². The molecule has 1 aromatic heterocycles. The van der Waals surface area contributed by atoms with E-state index in [9.17, 15) is 4.79 Å². The molecule has 0 aromatic carbocycles. The molecule has 1 fully saturated rings. The van der Waals surface area contributed by atoms with Crippen LogP contribution >= 0.6 is 0 Å². The van der Waals surface area contributed by atoms with Crippen molar-refractivity contribution in [3.63, 3.8) is 0 Å². The molecule has 6 nitrogen and oxygen atoms in total. The van der Waals surface area contributed by atoms with Gasteiger partial charge in [0.05, 0.1) is 36.8 Å². The quantitative estimate of drug-likeness (QED) is 0.805. The Bertz CT molecular complexity index is 444. The van der Waals surface area contributed by atoms with Crippen LogP contribution < -0.4 is 5.73 Å². The van der Waals surface area contributed by atoms with Crippen molar-refractivity contribution >= 4 is 11.7 Å². The maximum atomic E-state index is 11.5. The average molecular weight is 266 g/mol. The molecule has 0 aliphatic carbocycles. The number of hydrogen-bond acceptors (Lipinski definition) is 6. The van der Waals surface area contributed by atoms with Crippen LogP contribution in [0.15, 0.2) is 12.3 Å². The van der Waals surface area contributed by atoms with Crippen molar-refractivity contribution in [2.75, 3.05) is 25.6 Å². The Morgan fingerprint density at radius 3 is 2.89 bits per heavy atom. The lowest BCUT2D eigenvalue weighted by Gasteiger charge is -2.10. The summed E-state index contributed by atoms with van der Waals surface area (Å²) >= 11 is 0. The second kappa shape index (κ2) is 6.49. The van der Waals surface area contributed by atoms with Crippen LogP contribution in [0.5, 0.6) is 0 Å². The molecule has 0 saturated carbocycles. The van der Waals surface area contributed by atoms with E-state index in [1.54, 1.807) is 13.0 Å². The molecule has 104 valence electrons. The van der Waals surface area contributed by atoms with Gasteiger partial charge in [-0.05, 0) is 19.4 Å². The predicted octanol–water partition coefficient (Wildman–Crippen LogP) is 1.15. The summed E-state index contributed by atoms with van der Waals surface area (Å²) in [7, 11) is 0. The third kappa shape index (κ3) is 3.65. The van der Waals surface area contributed by atoms with E-state index in [1.807, 2.05) is 0 Å². The van der Waals surface area contributed by atoms with Gasteiger partial charge in [-0.15, -0.1) is 0 Å². The highest BCUT2D eigenvalue weighted by Crippen LogP contribution is 2.17. The first-order valence-corrected chi connectivity index (χ1v) is 6.35. The molecule has 0 amide bonds. The normalized spacial score (nSPS) is 15.6. The SMILES string of the molecule is CCOC(=O)c1cnc(CCC2OCCO2)c(N)c1. The van der Waals surface area contributed by atoms with Crippen LogP contribution in [-0.4, -0.2) is 37.1 Å². The molecule has 0 unspecified atom stereocenters. The van der Waals surface area contributed by atoms with Crippen LogP contribution in [0.2, 0.25) is 0 Å². The zero-order valence-corrected chi connectivity index (χ0v) is 10.9. The molecule has 0 bridgehead atoms. The summed E-state index contributed by atoms with van der Waals surface area (Å²) in [6.45, 7) is 3.35. The van der Waals surface area contributed by atoms with Gasteiger partial charge < -0.3 is 19.9 Å². The molecule has 0 atom stereocenters. The molecular weight excluding hydrogens is 248 g/mol. The van der Waals surface area contributed by atoms with E-state index in [-0.39, 0.29) is 6.29 Å². The summed E-state index contributed by atoms with van der Waals surface area (Å²) < 4.78 is 15.6. The summed E-state index contributed by atoms with van der Waals surface area (Å²) in [5, 5.41) is 0. The number of aromatic nitrogens is 1. The van der Waals surface area contributed by atoms with Gasteiger partial charge in [0.1, 0.15) is 0 Å². The number of pyridine rings is 1. The maximum absolute atomic E-state index is 11.5. The van der Waals surface area contributed by atoms with Gasteiger partial charge >= 0.3 is 5.97 Å². The van der Waals surface area contributed by atoms with Gasteiger partial charge in [-0.1, -0.05) is 0 Å². The summed E-state index contributed by atoms with van der Waals surface area (Å²) in [4.78, 5) is 15.7. The van der Waals surface area contributed by atoms with E-state index in [0.717, 1.165) is 5.69 Å². The Morgan fingerprint density at radius 2 is 2.26 bits per heavy atom. The van der Waals surface area contributed by atoms with Crippen molar-refractivity contribution < 1.29 is 19.0 Å². The fourth-order valence-electron chi connectivity index (χ4n) is 1.87. The standard InChI is InChI=1S/C13H18N2O4/c1-2-17-13(16)9-7-10(14)11(15-8-9)3-4-12-18-5-6-19-12/h7-8,12H,2-6,14H2,1H3. The first-order chi connectivity index (χ1) is 9.20. The first kappa shape index (κ1) is 13.8. The molecule has 0 radical (unpaired) electrons. The van der Waals surface area contributed by atoms with Gasteiger partial charge in [0.15, 0.2) is 6.29 Å². The highest BCUT2D eigenvalue weighted by atomic mass is 16.7. The first-order valence-electron chi connectivity index (χ1n) is 6.35. The van der Waals surface area contributed by atoms with Crippen molar-refractivity contribution in [2.45, 2.75) is 26.1 Å². The average Bonchev–Trinajstić information content (AvgIpc) is 2.90. The fourth-order valence-corrected chi connectivity index (χ4v) is 1.87. The largest absolute Gasteiger partial charge is 0.462 e. The molecule has 6 heteroatoms. The minimum atomic E-state index is -0.407. The third-order valence-electron chi connectivity index (χ3n) is 2.82. The summed E-state index contributed by atoms with van der Waals surface area (Å²) in [6.07, 6.45) is 2.67. The highest BCUT2D eigenvalue weighted by molar-refractivity contribution is 5.90. The van der Waals surface area contributed by atoms with Gasteiger partial charge in [0.25, 0.3) is 0 Å². The van der Waals surface area contributed by atoms with E-state index in [2.05, 4.69) is 4.98 Å². The molecule has 1 aromatic rings. The van der Waals surface area contributed by atoms with E-state index in [0.29, 0.717) is 43.9 Å². The topological polar surface area (TPSA) is 83.7 Å². The van der Waals surface area contributed by atoms with Crippen molar-refractivity contribution in [3.8, 4) is 0 Å². The van der Waals surface area contributed by atoms with Gasteiger partial charge in [-0.3, -0.25) is 4.98 Å². The van der Waals surface area contributed by atoms with Gasteiger partial charge in [0.2, 0.25) is 0 Å². The smallest absolute Gasteiger partial charge is 0.339 e. The molecular formula is C13H18N2O4. The van der Waals surface area contributed by atoms with Crippen LogP contribution in [0.3, 0.4) is 0 Å². The van der Waals surface area contributed by atoms with E-state index in [1.165, 1.54) is 6.20 Å². The van der Waals surface area contributed by atoms with Crippen LogP contribution in [-0.2, 0) is 20.6 Å².